The van der Waals surface area contributed by atoms with Crippen molar-refractivity contribution in [2.75, 3.05) is 19.7 Å². The third kappa shape index (κ3) is 7.16. The molecule has 3 amide bonds. The van der Waals surface area contributed by atoms with E-state index in [4.69, 9.17) is 9.47 Å². The minimum Gasteiger partial charge on any atom is -0.464 e. The van der Waals surface area contributed by atoms with Crippen LogP contribution >= 0.6 is 0 Å². The minimum atomic E-state index is -1.30. The van der Waals surface area contributed by atoms with E-state index in [1.807, 2.05) is 66.7 Å². The van der Waals surface area contributed by atoms with Gasteiger partial charge in [0, 0.05) is 23.8 Å². The molecular weight excluding hydrogens is 591 g/mol. The summed E-state index contributed by atoms with van der Waals surface area (Å²) < 4.78 is 25.2. The molecule has 3 aliphatic carbocycles. The Balaban J connectivity index is 1.31. The smallest absolute Gasteiger partial charge is 0.411 e. The molecule has 0 aromatic heterocycles. The topological polar surface area (TPSA) is 129 Å². The van der Waals surface area contributed by atoms with Gasteiger partial charge in [-0.3, -0.25) is 14.5 Å². The van der Waals surface area contributed by atoms with Gasteiger partial charge in [0.05, 0.1) is 19.2 Å². The predicted molar refractivity (Wildman–Crippen MR) is 166 cm³/mol. The highest BCUT2D eigenvalue weighted by atomic mass is 19.1. The van der Waals surface area contributed by atoms with E-state index in [0.717, 1.165) is 11.1 Å². The summed E-state index contributed by atoms with van der Waals surface area (Å²) in [5, 5.41) is 12.5. The van der Waals surface area contributed by atoms with Crippen molar-refractivity contribution in [1.82, 2.24) is 15.1 Å². The fourth-order valence-corrected chi connectivity index (χ4v) is 7.14. The van der Waals surface area contributed by atoms with E-state index < -0.39 is 47.2 Å². The van der Waals surface area contributed by atoms with Gasteiger partial charge >= 0.3 is 12.1 Å². The third-order valence-corrected chi connectivity index (χ3v) is 9.86. The van der Waals surface area contributed by atoms with E-state index in [1.165, 1.54) is 9.80 Å². The molecule has 244 valence electrons. The lowest BCUT2D eigenvalue weighted by atomic mass is 9.56. The van der Waals surface area contributed by atoms with E-state index in [9.17, 15) is 28.8 Å². The molecule has 11 heteroatoms. The van der Waals surface area contributed by atoms with Gasteiger partial charge in [-0.05, 0) is 56.6 Å². The zero-order valence-electron chi connectivity index (χ0n) is 26.2. The summed E-state index contributed by atoms with van der Waals surface area (Å²) >= 11 is 0. The number of likely N-dealkylation sites (tertiary alicyclic amines) is 1. The zero-order valence-corrected chi connectivity index (χ0v) is 26.2. The van der Waals surface area contributed by atoms with Crippen LogP contribution in [0.5, 0.6) is 0 Å². The second-order valence-electron chi connectivity index (χ2n) is 12.6. The number of hydrogen-bond donors (Lipinski definition) is 1. The molecule has 2 bridgehead atoms. The summed E-state index contributed by atoms with van der Waals surface area (Å²) in [6.45, 7) is 1.40. The molecular formula is C35H41FN4O6. The summed E-state index contributed by atoms with van der Waals surface area (Å²) in [6, 6.07) is 18.9. The summed E-state index contributed by atoms with van der Waals surface area (Å²) in [7, 11) is 0. The van der Waals surface area contributed by atoms with Crippen molar-refractivity contribution < 1.29 is 33.0 Å². The van der Waals surface area contributed by atoms with Gasteiger partial charge < -0.3 is 19.7 Å². The van der Waals surface area contributed by atoms with E-state index in [1.54, 1.807) is 6.92 Å². The van der Waals surface area contributed by atoms with Crippen molar-refractivity contribution >= 4 is 23.9 Å². The Morgan fingerprint density at radius 1 is 0.978 bits per heavy atom. The minimum absolute atomic E-state index is 0.0144. The molecule has 4 aliphatic rings. The van der Waals surface area contributed by atoms with Crippen LogP contribution in [0.2, 0.25) is 0 Å². The molecule has 1 saturated heterocycles. The number of nitrogens with zero attached hydrogens (tertiary/aromatic N) is 3. The van der Waals surface area contributed by atoms with E-state index in [0.29, 0.717) is 44.9 Å². The van der Waals surface area contributed by atoms with Crippen LogP contribution in [0.4, 0.5) is 9.18 Å². The van der Waals surface area contributed by atoms with Gasteiger partial charge in [0.25, 0.3) is 0 Å². The molecule has 0 radical (unpaired) electrons. The molecule has 10 nitrogen and oxygen atoms in total. The van der Waals surface area contributed by atoms with Gasteiger partial charge in [-0.15, -0.1) is 0 Å². The fraction of sp³-hybridized carbons (Fsp3) is 0.514. The SMILES string of the molecule is CCOC(=O)C(Cc1ccccc1)NC(=O)C12CCC(N(CC(=O)N3C[C@@H](F)C[C@H]3C#N)C(=O)OCc3ccccc3)(CC1)CC2. The number of hydrogen-bond acceptors (Lipinski definition) is 7. The lowest BCUT2D eigenvalue weighted by Gasteiger charge is -2.56. The average Bonchev–Trinajstić information content (AvgIpc) is 3.48. The monoisotopic (exact) mass is 632 g/mol. The number of nitriles is 1. The number of rotatable bonds is 11. The highest BCUT2D eigenvalue weighted by Crippen LogP contribution is 2.55. The molecule has 4 fully saturated rings. The lowest BCUT2D eigenvalue weighted by molar-refractivity contribution is -0.152. The molecule has 2 aromatic rings. The van der Waals surface area contributed by atoms with Gasteiger partial charge in [0.15, 0.2) is 0 Å². The standard InChI is InChI=1S/C35H41FN4O6/c1-2-45-31(42)29(19-25-9-5-3-6-10-25)38-32(43)34-13-16-35(17-14-34,18-15-34)40(33(44)46-24-26-11-7-4-8-12-26)23-30(41)39-22-27(36)20-28(39)21-37/h3-12,27-29H,2,13-20,22-24H2,1H3,(H,38,43)/t27-,28-,29?,34?,35?/m0/s1. The molecule has 46 heavy (non-hydrogen) atoms. The highest BCUT2D eigenvalue weighted by molar-refractivity contribution is 5.89. The van der Waals surface area contributed by atoms with Crippen molar-refractivity contribution in [3.05, 3.63) is 71.8 Å². The maximum atomic E-state index is 14.2. The zero-order chi connectivity index (χ0) is 32.7. The third-order valence-electron chi connectivity index (χ3n) is 9.86. The predicted octanol–water partition coefficient (Wildman–Crippen LogP) is 4.47. The first-order valence-electron chi connectivity index (χ1n) is 16.0. The average molecular weight is 633 g/mol. The molecule has 1 aliphatic heterocycles. The Labute approximate surface area is 268 Å². The van der Waals surface area contributed by atoms with Gasteiger partial charge in [0.1, 0.15) is 31.4 Å². The normalized spacial score (nSPS) is 25.6. The number of ether oxygens (including phenoxy) is 2. The van der Waals surface area contributed by atoms with E-state index in [-0.39, 0.29) is 38.6 Å². The van der Waals surface area contributed by atoms with Crippen LogP contribution in [0, 0.1) is 16.7 Å². The van der Waals surface area contributed by atoms with Gasteiger partial charge in [-0.1, -0.05) is 60.7 Å². The number of fused-ring (bicyclic) bond motifs is 3. The molecule has 1 N–H and O–H groups in total. The van der Waals surface area contributed by atoms with Gasteiger partial charge in [-0.25, -0.2) is 14.0 Å². The molecule has 3 saturated carbocycles. The number of amides is 3. The number of alkyl halides is 1. The molecule has 2 aromatic carbocycles. The summed E-state index contributed by atoms with van der Waals surface area (Å²) in [6.07, 6.45) is 0.988. The Bertz CT molecular complexity index is 1420. The molecule has 0 spiro atoms. The van der Waals surface area contributed by atoms with Crippen LogP contribution in [-0.2, 0) is 36.9 Å². The molecule has 6 rings (SSSR count). The Kier molecular flexibility index (Phi) is 10.2. The van der Waals surface area contributed by atoms with Crippen molar-refractivity contribution in [3.63, 3.8) is 0 Å². The number of carbonyl (C=O) groups excluding carboxylic acids is 4. The molecule has 1 unspecified atom stereocenters. The Morgan fingerprint density at radius 3 is 2.17 bits per heavy atom. The number of nitrogens with one attached hydrogen (secondary N) is 1. The van der Waals surface area contributed by atoms with Gasteiger partial charge in [0.2, 0.25) is 11.8 Å². The largest absolute Gasteiger partial charge is 0.464 e. The highest BCUT2D eigenvalue weighted by Gasteiger charge is 2.56. The second kappa shape index (κ2) is 14.3. The van der Waals surface area contributed by atoms with Crippen LogP contribution in [0.25, 0.3) is 0 Å². The first kappa shape index (κ1) is 32.9. The summed E-state index contributed by atoms with van der Waals surface area (Å²) in [5.41, 5.74) is 0.218. The first-order valence-corrected chi connectivity index (χ1v) is 16.0. The van der Waals surface area contributed by atoms with E-state index in [2.05, 4.69) is 5.32 Å². The Morgan fingerprint density at radius 2 is 1.59 bits per heavy atom. The van der Waals surface area contributed by atoms with Crippen LogP contribution < -0.4 is 5.32 Å². The van der Waals surface area contributed by atoms with Crippen LogP contribution in [-0.4, -0.2) is 77.2 Å². The fourth-order valence-electron chi connectivity index (χ4n) is 7.14. The number of benzene rings is 2. The van der Waals surface area contributed by atoms with Crippen LogP contribution in [0.1, 0.15) is 63.0 Å². The van der Waals surface area contributed by atoms with Gasteiger partial charge in [-0.2, -0.15) is 5.26 Å². The molecule has 3 atom stereocenters. The summed E-state index contributed by atoms with van der Waals surface area (Å²) in [4.78, 5) is 56.5. The lowest BCUT2D eigenvalue weighted by Crippen LogP contribution is -2.63. The summed E-state index contributed by atoms with van der Waals surface area (Å²) in [5.74, 6) is -1.21. The quantitative estimate of drug-likeness (QED) is 0.362. The van der Waals surface area contributed by atoms with Crippen molar-refractivity contribution in [3.8, 4) is 6.07 Å². The second-order valence-corrected chi connectivity index (χ2v) is 12.6. The number of halogens is 1. The first-order chi connectivity index (χ1) is 22.2. The molecule has 1 heterocycles. The van der Waals surface area contributed by atoms with Crippen LogP contribution in [0.15, 0.2) is 60.7 Å². The Hall–Kier alpha value is -4.46. The maximum absolute atomic E-state index is 14.2. The van der Waals surface area contributed by atoms with Crippen molar-refractivity contribution in [2.24, 2.45) is 5.41 Å². The van der Waals surface area contributed by atoms with Crippen molar-refractivity contribution in [1.29, 1.82) is 5.26 Å². The van der Waals surface area contributed by atoms with Crippen molar-refractivity contribution in [2.45, 2.75) is 88.7 Å². The maximum Gasteiger partial charge on any atom is 0.411 e. The number of esters is 1. The van der Waals surface area contributed by atoms with Crippen LogP contribution in [0.3, 0.4) is 0 Å². The van der Waals surface area contributed by atoms with E-state index >= 15 is 0 Å². The number of carbonyl (C=O) groups is 4.